The van der Waals surface area contributed by atoms with Crippen molar-refractivity contribution in [2.75, 3.05) is 14.2 Å². The van der Waals surface area contributed by atoms with Gasteiger partial charge in [-0.1, -0.05) is 36.4 Å². The van der Waals surface area contributed by atoms with Crippen molar-refractivity contribution in [3.8, 4) is 22.9 Å². The maximum absolute atomic E-state index is 14.8. The predicted molar refractivity (Wildman–Crippen MR) is 111 cm³/mol. The molecule has 0 bridgehead atoms. The van der Waals surface area contributed by atoms with Crippen LogP contribution in [0.2, 0.25) is 0 Å². The average molecular weight is 404 g/mol. The molecule has 0 spiro atoms. The molecule has 3 aromatic rings. The summed E-state index contributed by atoms with van der Waals surface area (Å²) in [4.78, 5) is 12.6. The predicted octanol–water partition coefficient (Wildman–Crippen LogP) is 4.38. The Morgan fingerprint density at radius 3 is 2.43 bits per heavy atom. The molecule has 0 saturated heterocycles. The Morgan fingerprint density at radius 2 is 1.80 bits per heavy atom. The highest BCUT2D eigenvalue weighted by Crippen LogP contribution is 2.28. The van der Waals surface area contributed by atoms with Crippen LogP contribution in [0.5, 0.6) is 5.75 Å². The van der Waals surface area contributed by atoms with Crippen molar-refractivity contribution >= 4 is 5.91 Å². The first kappa shape index (κ1) is 21.0. The van der Waals surface area contributed by atoms with Gasteiger partial charge in [0.25, 0.3) is 5.91 Å². The highest BCUT2D eigenvalue weighted by molar-refractivity contribution is 5.82. The first-order valence-electron chi connectivity index (χ1n) is 9.29. The molecular formula is C24H21FN2O3. The molecule has 0 radical (unpaired) electrons. The summed E-state index contributed by atoms with van der Waals surface area (Å²) in [6.45, 7) is 0.244. The Bertz CT molecular complexity index is 1070. The van der Waals surface area contributed by atoms with Crippen molar-refractivity contribution in [3.05, 3.63) is 89.2 Å². The smallest absolute Gasteiger partial charge is 0.254 e. The minimum atomic E-state index is -1.08. The number of hydrogen-bond donors (Lipinski definition) is 1. The van der Waals surface area contributed by atoms with E-state index < -0.39 is 17.8 Å². The highest BCUT2D eigenvalue weighted by Gasteiger charge is 2.23. The average Bonchev–Trinajstić information content (AvgIpc) is 2.79. The van der Waals surface area contributed by atoms with Gasteiger partial charge in [0.2, 0.25) is 0 Å². The van der Waals surface area contributed by atoms with E-state index in [2.05, 4.69) is 5.32 Å². The largest absolute Gasteiger partial charge is 0.497 e. The summed E-state index contributed by atoms with van der Waals surface area (Å²) in [7, 11) is 2.93. The molecule has 1 atom stereocenters. The van der Waals surface area contributed by atoms with Crippen LogP contribution in [0.15, 0.2) is 66.7 Å². The number of ether oxygens (including phenoxy) is 2. The molecule has 0 aliphatic heterocycles. The van der Waals surface area contributed by atoms with Gasteiger partial charge in [-0.2, -0.15) is 5.26 Å². The van der Waals surface area contributed by atoms with Crippen LogP contribution in [0.3, 0.4) is 0 Å². The number of rotatable bonds is 7. The fraction of sp³-hybridized carbons (Fsp3) is 0.167. The molecule has 3 aromatic carbocycles. The van der Waals surface area contributed by atoms with Crippen molar-refractivity contribution in [2.24, 2.45) is 0 Å². The number of methoxy groups -OCH3 is 2. The van der Waals surface area contributed by atoms with Crippen LogP contribution in [0.25, 0.3) is 11.1 Å². The minimum absolute atomic E-state index is 0.154. The number of nitrogens with one attached hydrogen (secondary N) is 1. The third kappa shape index (κ3) is 4.83. The number of hydrogen-bond acceptors (Lipinski definition) is 4. The van der Waals surface area contributed by atoms with Gasteiger partial charge in [-0.25, -0.2) is 4.39 Å². The summed E-state index contributed by atoms with van der Waals surface area (Å²) < 4.78 is 25.3. The Kier molecular flexibility index (Phi) is 6.79. The van der Waals surface area contributed by atoms with E-state index in [0.29, 0.717) is 16.9 Å². The zero-order chi connectivity index (χ0) is 21.5. The monoisotopic (exact) mass is 404 g/mol. The third-order valence-corrected chi connectivity index (χ3v) is 4.71. The van der Waals surface area contributed by atoms with Crippen molar-refractivity contribution in [2.45, 2.75) is 12.6 Å². The molecule has 3 rings (SSSR count). The number of nitriles is 1. The molecule has 0 aromatic heterocycles. The molecule has 5 nitrogen and oxygen atoms in total. The van der Waals surface area contributed by atoms with Crippen LogP contribution >= 0.6 is 0 Å². The van der Waals surface area contributed by atoms with Gasteiger partial charge in [0.05, 0.1) is 18.7 Å². The van der Waals surface area contributed by atoms with Crippen molar-refractivity contribution in [1.82, 2.24) is 5.32 Å². The molecule has 0 heterocycles. The van der Waals surface area contributed by atoms with Gasteiger partial charge in [0.1, 0.15) is 11.6 Å². The molecule has 0 unspecified atom stereocenters. The molecule has 1 N–H and O–H groups in total. The number of nitrogens with zero attached hydrogens (tertiary/aromatic N) is 1. The quantitative estimate of drug-likeness (QED) is 0.635. The van der Waals surface area contributed by atoms with Gasteiger partial charge in [0.15, 0.2) is 6.10 Å². The van der Waals surface area contributed by atoms with E-state index in [9.17, 15) is 9.18 Å². The van der Waals surface area contributed by atoms with E-state index in [-0.39, 0.29) is 12.1 Å². The lowest BCUT2D eigenvalue weighted by Gasteiger charge is -2.17. The normalized spacial score (nSPS) is 11.4. The zero-order valence-corrected chi connectivity index (χ0v) is 16.7. The molecule has 0 fully saturated rings. The second-order valence-electron chi connectivity index (χ2n) is 6.61. The van der Waals surface area contributed by atoms with Crippen LogP contribution in [0, 0.1) is 17.1 Å². The van der Waals surface area contributed by atoms with Crippen molar-refractivity contribution in [1.29, 1.82) is 5.26 Å². The maximum Gasteiger partial charge on any atom is 0.254 e. The summed E-state index contributed by atoms with van der Waals surface area (Å²) in [6, 6.07) is 20.9. The molecule has 30 heavy (non-hydrogen) atoms. The Labute approximate surface area is 174 Å². The first-order valence-corrected chi connectivity index (χ1v) is 9.29. The molecular weight excluding hydrogens is 383 g/mol. The molecule has 0 aliphatic rings. The van der Waals surface area contributed by atoms with Crippen LogP contribution in [0.1, 0.15) is 22.8 Å². The fourth-order valence-electron chi connectivity index (χ4n) is 3.08. The Morgan fingerprint density at radius 1 is 1.07 bits per heavy atom. The van der Waals surface area contributed by atoms with Gasteiger partial charge < -0.3 is 14.8 Å². The van der Waals surface area contributed by atoms with E-state index in [0.717, 1.165) is 11.1 Å². The molecule has 152 valence electrons. The number of carbonyl (C=O) groups excluding carboxylic acids is 1. The molecule has 1 amide bonds. The van der Waals surface area contributed by atoms with Crippen LogP contribution < -0.4 is 10.1 Å². The van der Waals surface area contributed by atoms with Gasteiger partial charge in [-0.15, -0.1) is 0 Å². The van der Waals surface area contributed by atoms with Gasteiger partial charge in [-0.3, -0.25) is 4.79 Å². The van der Waals surface area contributed by atoms with Crippen LogP contribution in [0.4, 0.5) is 4.39 Å². The van der Waals surface area contributed by atoms with Crippen molar-refractivity contribution in [3.63, 3.8) is 0 Å². The SMILES string of the molecule is COc1cccc(-c2ccc([C@H](OC)C(=O)NCc3ccc(C#N)cc3)c(F)c2)c1. The molecule has 0 saturated carbocycles. The zero-order valence-electron chi connectivity index (χ0n) is 16.7. The van der Waals surface area contributed by atoms with Crippen LogP contribution in [-0.2, 0) is 16.1 Å². The summed E-state index contributed by atoms with van der Waals surface area (Å²) >= 11 is 0. The topological polar surface area (TPSA) is 71.3 Å². The number of benzene rings is 3. The molecule has 0 aliphatic carbocycles. The number of amides is 1. The third-order valence-electron chi connectivity index (χ3n) is 4.71. The lowest BCUT2D eigenvalue weighted by Crippen LogP contribution is -2.30. The lowest BCUT2D eigenvalue weighted by atomic mass is 10.0. The molecule has 6 heteroatoms. The van der Waals surface area contributed by atoms with E-state index >= 15 is 0 Å². The summed E-state index contributed by atoms with van der Waals surface area (Å²) in [5.41, 5.74) is 2.99. The summed E-state index contributed by atoms with van der Waals surface area (Å²) in [6.07, 6.45) is -1.08. The standard InChI is InChI=1S/C24H21FN2O3/c1-29-20-5-3-4-18(12-20)19-10-11-21(22(25)13-19)23(30-2)24(28)27-15-17-8-6-16(14-26)7-9-17/h3-13,23H,15H2,1-2H3,(H,27,28)/t23-/m0/s1. The number of halogens is 1. The first-order chi connectivity index (χ1) is 14.5. The number of carbonyl (C=O) groups is 1. The Hall–Kier alpha value is -3.69. The van der Waals surface area contributed by atoms with Gasteiger partial charge >= 0.3 is 0 Å². The van der Waals surface area contributed by atoms with Gasteiger partial charge in [-0.05, 0) is 47.0 Å². The Balaban J connectivity index is 1.74. The maximum atomic E-state index is 14.8. The highest BCUT2D eigenvalue weighted by atomic mass is 19.1. The summed E-state index contributed by atoms with van der Waals surface area (Å²) in [5, 5.41) is 11.6. The van der Waals surface area contributed by atoms with Crippen molar-refractivity contribution < 1.29 is 18.7 Å². The van der Waals surface area contributed by atoms with E-state index in [4.69, 9.17) is 14.7 Å². The second-order valence-corrected chi connectivity index (χ2v) is 6.61. The van der Waals surface area contributed by atoms with E-state index in [1.54, 1.807) is 43.5 Å². The minimum Gasteiger partial charge on any atom is -0.497 e. The fourth-order valence-corrected chi connectivity index (χ4v) is 3.08. The van der Waals surface area contributed by atoms with Crippen LogP contribution in [-0.4, -0.2) is 20.1 Å². The van der Waals surface area contributed by atoms with E-state index in [1.165, 1.54) is 13.2 Å². The van der Waals surface area contributed by atoms with Gasteiger partial charge in [0, 0.05) is 19.2 Å². The summed E-state index contributed by atoms with van der Waals surface area (Å²) in [5.74, 6) is -0.306. The second kappa shape index (κ2) is 9.68. The lowest BCUT2D eigenvalue weighted by molar-refractivity contribution is -0.131. The van der Waals surface area contributed by atoms with E-state index in [1.807, 2.05) is 30.3 Å².